The average Bonchev–Trinajstić information content (AvgIpc) is 3.18. The molecule has 3 unspecified atom stereocenters. The second kappa shape index (κ2) is 11.6. The highest BCUT2D eigenvalue weighted by Gasteiger charge is 2.69. The van der Waals surface area contributed by atoms with Crippen LogP contribution in [0.5, 0.6) is 0 Å². The van der Waals surface area contributed by atoms with Crippen LogP contribution < -0.4 is 0 Å². The summed E-state index contributed by atoms with van der Waals surface area (Å²) < 4.78 is 18.2. The van der Waals surface area contributed by atoms with E-state index in [2.05, 4.69) is 27.7 Å². The Balaban J connectivity index is 1.80. The van der Waals surface area contributed by atoms with Crippen LogP contribution in [0.3, 0.4) is 0 Å². The first-order chi connectivity index (χ1) is 18.7. The second-order valence-corrected chi connectivity index (χ2v) is 13.9. The molecule has 12 atom stereocenters. The Morgan fingerprint density at radius 1 is 0.900 bits per heavy atom. The predicted octanol–water partition coefficient (Wildman–Crippen LogP) is 5.80. The van der Waals surface area contributed by atoms with Crippen LogP contribution in [0.1, 0.15) is 106 Å². The summed E-state index contributed by atoms with van der Waals surface area (Å²) in [5.41, 5.74) is -0.318. The molecule has 4 aliphatic rings. The van der Waals surface area contributed by atoms with E-state index in [9.17, 15) is 24.3 Å². The van der Waals surface area contributed by atoms with Crippen molar-refractivity contribution in [2.45, 2.75) is 125 Å². The lowest BCUT2D eigenvalue weighted by Crippen LogP contribution is -2.67. The van der Waals surface area contributed by atoms with Gasteiger partial charge in [-0.25, -0.2) is 0 Å². The first-order valence-corrected chi connectivity index (χ1v) is 15.5. The van der Waals surface area contributed by atoms with Crippen molar-refractivity contribution in [3.63, 3.8) is 0 Å². The standard InChI is InChI=1S/C32H50O8/c1-8-22-25-15-21(38-18(3)33)13-14-31(25,6)29-26(39-19(4)34)16-32(7)23(17(2)9-12-27(36)37)10-11-24(32)28(29)30(22)40-20(5)35/h17,21-26,28-30H,8-16H2,1-7H3,(H,36,37)/t17-,21-,22-,23-,24?,25+,26+,28?,29?,30-,31+,32-/m1/s1. The van der Waals surface area contributed by atoms with E-state index in [0.29, 0.717) is 12.3 Å². The summed E-state index contributed by atoms with van der Waals surface area (Å²) >= 11 is 0. The summed E-state index contributed by atoms with van der Waals surface area (Å²) in [4.78, 5) is 48.4. The lowest BCUT2D eigenvalue weighted by Gasteiger charge is -2.66. The Labute approximate surface area is 239 Å². The molecule has 8 nitrogen and oxygen atoms in total. The minimum absolute atomic E-state index is 0.0259. The molecule has 0 aliphatic heterocycles. The molecule has 4 aliphatic carbocycles. The van der Waals surface area contributed by atoms with Gasteiger partial charge in [-0.2, -0.15) is 0 Å². The van der Waals surface area contributed by atoms with Gasteiger partial charge in [0.05, 0.1) is 0 Å². The molecule has 0 bridgehead atoms. The van der Waals surface area contributed by atoms with Crippen LogP contribution in [0.15, 0.2) is 0 Å². The van der Waals surface area contributed by atoms with Gasteiger partial charge in [0.25, 0.3) is 0 Å². The van der Waals surface area contributed by atoms with Crippen molar-refractivity contribution >= 4 is 23.9 Å². The lowest BCUT2D eigenvalue weighted by atomic mass is 9.40. The van der Waals surface area contributed by atoms with Gasteiger partial charge in [0.15, 0.2) is 0 Å². The van der Waals surface area contributed by atoms with Crippen LogP contribution in [0.4, 0.5) is 0 Å². The predicted molar refractivity (Wildman–Crippen MR) is 148 cm³/mol. The van der Waals surface area contributed by atoms with Crippen molar-refractivity contribution < 1.29 is 38.5 Å². The molecule has 0 aromatic rings. The van der Waals surface area contributed by atoms with E-state index < -0.39 is 5.97 Å². The SMILES string of the molecule is CC[C@H]1[C@@H](OC(C)=O)C2C3CC[C@H]([C@H](C)CCC(=O)O)[C@@]3(C)C[C@H](OC(C)=O)C2[C@@]2(C)CC[C@@H](OC(C)=O)C[C@@H]12. The molecule has 0 amide bonds. The maximum Gasteiger partial charge on any atom is 0.303 e. The Hall–Kier alpha value is -2.12. The number of carbonyl (C=O) groups excluding carboxylic acids is 3. The van der Waals surface area contributed by atoms with Crippen LogP contribution in [0.2, 0.25) is 0 Å². The Morgan fingerprint density at radius 2 is 1.55 bits per heavy atom. The Morgan fingerprint density at radius 3 is 2.12 bits per heavy atom. The molecule has 4 fully saturated rings. The fourth-order valence-corrected chi connectivity index (χ4v) is 10.5. The van der Waals surface area contributed by atoms with Crippen LogP contribution in [0.25, 0.3) is 0 Å². The number of hydrogen-bond acceptors (Lipinski definition) is 7. The maximum atomic E-state index is 12.6. The number of carboxylic acids is 1. The number of esters is 3. The molecule has 4 saturated carbocycles. The van der Waals surface area contributed by atoms with Gasteiger partial charge in [-0.05, 0) is 91.8 Å². The highest BCUT2D eigenvalue weighted by atomic mass is 16.6. The summed E-state index contributed by atoms with van der Waals surface area (Å²) in [6.45, 7) is 13.4. The van der Waals surface area contributed by atoms with Crippen molar-refractivity contribution in [2.24, 2.45) is 52.3 Å². The topological polar surface area (TPSA) is 116 Å². The van der Waals surface area contributed by atoms with E-state index in [1.165, 1.54) is 20.8 Å². The van der Waals surface area contributed by atoms with Gasteiger partial charge in [0.1, 0.15) is 18.3 Å². The minimum atomic E-state index is -0.774. The summed E-state index contributed by atoms with van der Waals surface area (Å²) in [7, 11) is 0. The molecule has 40 heavy (non-hydrogen) atoms. The molecule has 0 heterocycles. The van der Waals surface area contributed by atoms with Crippen LogP contribution in [-0.2, 0) is 33.4 Å². The molecule has 226 valence electrons. The molecule has 4 rings (SSSR count). The molecular weight excluding hydrogens is 512 g/mol. The van der Waals surface area contributed by atoms with Gasteiger partial charge in [-0.1, -0.05) is 27.7 Å². The molecule has 0 radical (unpaired) electrons. The zero-order chi connectivity index (χ0) is 29.6. The quantitative estimate of drug-likeness (QED) is 0.292. The van der Waals surface area contributed by atoms with Gasteiger partial charge in [-0.3, -0.25) is 19.2 Å². The number of carbonyl (C=O) groups is 4. The first kappa shape index (κ1) is 30.8. The summed E-state index contributed by atoms with van der Waals surface area (Å²) in [5, 5.41) is 9.34. The van der Waals surface area contributed by atoms with Gasteiger partial charge in [0, 0.05) is 39.0 Å². The summed E-state index contributed by atoms with van der Waals surface area (Å²) in [6, 6.07) is 0. The van der Waals surface area contributed by atoms with Crippen molar-refractivity contribution in [3.8, 4) is 0 Å². The molecule has 0 saturated heterocycles. The smallest absolute Gasteiger partial charge is 0.303 e. The number of rotatable bonds is 8. The number of hydrogen-bond donors (Lipinski definition) is 1. The van der Waals surface area contributed by atoms with E-state index in [1.54, 1.807) is 0 Å². The van der Waals surface area contributed by atoms with Gasteiger partial charge >= 0.3 is 23.9 Å². The molecular formula is C32H50O8. The second-order valence-electron chi connectivity index (χ2n) is 13.9. The Bertz CT molecular complexity index is 993. The van der Waals surface area contributed by atoms with E-state index in [1.807, 2.05) is 0 Å². The molecule has 0 spiro atoms. The monoisotopic (exact) mass is 562 g/mol. The van der Waals surface area contributed by atoms with Crippen molar-refractivity contribution in [3.05, 3.63) is 0 Å². The zero-order valence-electron chi connectivity index (χ0n) is 25.4. The highest BCUT2D eigenvalue weighted by molar-refractivity contribution is 5.67. The minimum Gasteiger partial charge on any atom is -0.481 e. The molecule has 0 aromatic heterocycles. The third-order valence-electron chi connectivity index (χ3n) is 11.8. The van der Waals surface area contributed by atoms with Crippen LogP contribution in [0, 0.1) is 52.3 Å². The Kier molecular flexibility index (Phi) is 8.97. The number of carboxylic acid groups (broad SMARTS) is 1. The van der Waals surface area contributed by atoms with Crippen molar-refractivity contribution in [2.75, 3.05) is 0 Å². The van der Waals surface area contributed by atoms with Crippen LogP contribution in [-0.4, -0.2) is 47.3 Å². The lowest BCUT2D eigenvalue weighted by molar-refractivity contribution is -0.248. The highest BCUT2D eigenvalue weighted by Crippen LogP contribution is 2.70. The number of fused-ring (bicyclic) bond motifs is 5. The zero-order valence-corrected chi connectivity index (χ0v) is 25.4. The van der Waals surface area contributed by atoms with Crippen molar-refractivity contribution in [1.29, 1.82) is 0 Å². The first-order valence-electron chi connectivity index (χ1n) is 15.5. The largest absolute Gasteiger partial charge is 0.481 e. The van der Waals surface area contributed by atoms with Gasteiger partial charge in [0.2, 0.25) is 0 Å². The maximum absolute atomic E-state index is 12.6. The van der Waals surface area contributed by atoms with E-state index in [4.69, 9.17) is 14.2 Å². The fourth-order valence-electron chi connectivity index (χ4n) is 10.5. The molecule has 8 heteroatoms. The third-order valence-corrected chi connectivity index (χ3v) is 11.8. The average molecular weight is 563 g/mol. The molecule has 0 aromatic carbocycles. The van der Waals surface area contributed by atoms with E-state index in [-0.39, 0.29) is 89.0 Å². The number of aliphatic carboxylic acids is 1. The van der Waals surface area contributed by atoms with Gasteiger partial charge in [-0.15, -0.1) is 0 Å². The summed E-state index contributed by atoms with van der Waals surface area (Å²) in [5.74, 6) is -0.486. The fraction of sp³-hybridized carbons (Fsp3) is 0.875. The van der Waals surface area contributed by atoms with Crippen LogP contribution >= 0.6 is 0 Å². The van der Waals surface area contributed by atoms with E-state index >= 15 is 0 Å². The summed E-state index contributed by atoms with van der Waals surface area (Å²) in [6.07, 6.45) is 5.91. The van der Waals surface area contributed by atoms with Crippen molar-refractivity contribution in [1.82, 2.24) is 0 Å². The molecule has 1 N–H and O–H groups in total. The van der Waals surface area contributed by atoms with E-state index in [0.717, 1.165) is 44.9 Å². The number of ether oxygens (including phenoxy) is 3. The third kappa shape index (κ3) is 5.53. The normalized spacial score (nSPS) is 42.9. The van der Waals surface area contributed by atoms with Gasteiger partial charge < -0.3 is 19.3 Å².